The summed E-state index contributed by atoms with van der Waals surface area (Å²) in [6.45, 7) is 2.40. The first-order valence-corrected chi connectivity index (χ1v) is 10.4. The number of nitrogens with one attached hydrogen (secondary N) is 2. The first-order valence-electron chi connectivity index (χ1n) is 9.46. The smallest absolute Gasteiger partial charge is 0.414 e. The van der Waals surface area contributed by atoms with Crippen LogP contribution in [-0.4, -0.2) is 64.1 Å². The summed E-state index contributed by atoms with van der Waals surface area (Å²) in [6.07, 6.45) is 1.62. The number of cyclic esters (lactones) is 1. The molecule has 1 aromatic heterocycles. The van der Waals surface area contributed by atoms with Crippen LogP contribution in [0.5, 0.6) is 0 Å². The molecule has 1 aromatic carbocycles. The fourth-order valence-electron chi connectivity index (χ4n) is 3.11. The van der Waals surface area contributed by atoms with Crippen molar-refractivity contribution >= 4 is 40.5 Å². The highest BCUT2D eigenvalue weighted by Gasteiger charge is 2.32. The number of amides is 3. The van der Waals surface area contributed by atoms with Crippen molar-refractivity contribution in [1.82, 2.24) is 20.2 Å². The normalized spacial score (nSPS) is 18.0. The molecule has 3 amide bonds. The van der Waals surface area contributed by atoms with Gasteiger partial charge in [-0.05, 0) is 18.2 Å². The molecule has 3 heterocycles. The second kappa shape index (κ2) is 8.76. The fraction of sp³-hybridized carbons (Fsp3) is 0.316. The van der Waals surface area contributed by atoms with Gasteiger partial charge in [-0.25, -0.2) is 14.2 Å². The van der Waals surface area contributed by atoms with E-state index in [1.165, 1.54) is 52.8 Å². The van der Waals surface area contributed by atoms with Crippen LogP contribution in [0.25, 0.3) is 5.69 Å². The van der Waals surface area contributed by atoms with Crippen molar-refractivity contribution in [2.45, 2.75) is 13.0 Å². The molecule has 2 aromatic rings. The zero-order chi connectivity index (χ0) is 22.0. The molecule has 10 nitrogen and oxygen atoms in total. The summed E-state index contributed by atoms with van der Waals surface area (Å²) in [4.78, 5) is 44.9. The molecule has 1 saturated heterocycles. The van der Waals surface area contributed by atoms with Crippen LogP contribution in [0, 0.1) is 5.82 Å². The van der Waals surface area contributed by atoms with Crippen LogP contribution in [0.4, 0.5) is 14.9 Å². The first-order chi connectivity index (χ1) is 14.9. The lowest BCUT2D eigenvalue weighted by atomic mass is 10.2. The van der Waals surface area contributed by atoms with Crippen molar-refractivity contribution in [3.05, 3.63) is 42.2 Å². The maximum Gasteiger partial charge on any atom is 0.414 e. The topological polar surface area (TPSA) is 118 Å². The molecule has 2 N–H and O–H groups in total. The quantitative estimate of drug-likeness (QED) is 0.715. The number of halogens is 1. The van der Waals surface area contributed by atoms with Crippen LogP contribution in [0.1, 0.15) is 17.4 Å². The molecule has 2 aliphatic heterocycles. The highest BCUT2D eigenvalue weighted by Crippen LogP contribution is 2.25. The molecule has 162 valence electrons. The minimum Gasteiger partial charge on any atom is -0.442 e. The molecule has 0 aliphatic carbocycles. The number of aliphatic imine (C=N–C) groups is 1. The number of amidine groups is 1. The van der Waals surface area contributed by atoms with Gasteiger partial charge in [-0.3, -0.25) is 24.8 Å². The Morgan fingerprint density at radius 3 is 2.94 bits per heavy atom. The van der Waals surface area contributed by atoms with E-state index in [1.54, 1.807) is 6.07 Å². The third-order valence-electron chi connectivity index (χ3n) is 4.60. The molecule has 31 heavy (non-hydrogen) atoms. The Bertz CT molecular complexity index is 1070. The molecule has 0 spiro atoms. The predicted molar refractivity (Wildman–Crippen MR) is 112 cm³/mol. The molecule has 12 heteroatoms. The minimum atomic E-state index is -0.614. The maximum atomic E-state index is 14.8. The lowest BCUT2D eigenvalue weighted by molar-refractivity contribution is -0.119. The van der Waals surface area contributed by atoms with Gasteiger partial charge in [0.1, 0.15) is 23.9 Å². The summed E-state index contributed by atoms with van der Waals surface area (Å²) in [6, 6.07) is 4.27. The summed E-state index contributed by atoms with van der Waals surface area (Å²) in [5, 5.41) is 5.80. The maximum absolute atomic E-state index is 14.8. The fourth-order valence-corrected chi connectivity index (χ4v) is 3.84. The monoisotopic (exact) mass is 446 g/mol. The molecule has 1 atom stereocenters. The summed E-state index contributed by atoms with van der Waals surface area (Å²) in [5.74, 6) is -0.432. The highest BCUT2D eigenvalue weighted by atomic mass is 32.2. The van der Waals surface area contributed by atoms with Crippen molar-refractivity contribution in [2.24, 2.45) is 4.99 Å². The lowest BCUT2D eigenvalue weighted by Crippen LogP contribution is -2.33. The van der Waals surface area contributed by atoms with Gasteiger partial charge < -0.3 is 14.6 Å². The van der Waals surface area contributed by atoms with Crippen molar-refractivity contribution in [2.75, 3.05) is 30.3 Å². The zero-order valence-corrected chi connectivity index (χ0v) is 17.3. The Balaban J connectivity index is 1.46. The number of carbonyl (C=O) groups is 3. The molecule has 2 aliphatic rings. The van der Waals surface area contributed by atoms with E-state index in [2.05, 4.69) is 20.6 Å². The van der Waals surface area contributed by atoms with Crippen molar-refractivity contribution in [1.29, 1.82) is 0 Å². The molecular formula is C19H19FN6O4S. The number of hydrogen-bond acceptors (Lipinski definition) is 7. The largest absolute Gasteiger partial charge is 0.442 e. The van der Waals surface area contributed by atoms with Gasteiger partial charge in [0.15, 0.2) is 5.17 Å². The van der Waals surface area contributed by atoms with E-state index in [1.807, 2.05) is 0 Å². The summed E-state index contributed by atoms with van der Waals surface area (Å²) >= 11 is 1.45. The number of nitrogens with zero attached hydrogens (tertiary/aromatic N) is 4. The van der Waals surface area contributed by atoms with Gasteiger partial charge >= 0.3 is 6.09 Å². The summed E-state index contributed by atoms with van der Waals surface area (Å²) in [7, 11) is 0. The van der Waals surface area contributed by atoms with Crippen LogP contribution in [0.2, 0.25) is 0 Å². The van der Waals surface area contributed by atoms with Crippen molar-refractivity contribution in [3.8, 4) is 5.69 Å². The molecule has 0 bridgehead atoms. The molecule has 0 saturated carbocycles. The highest BCUT2D eigenvalue weighted by molar-refractivity contribution is 8.14. The van der Waals surface area contributed by atoms with Gasteiger partial charge in [0.05, 0.1) is 31.0 Å². The minimum absolute atomic E-state index is 0.127. The Labute approximate surface area is 180 Å². The zero-order valence-electron chi connectivity index (χ0n) is 16.5. The van der Waals surface area contributed by atoms with Crippen molar-refractivity contribution < 1.29 is 23.5 Å². The summed E-state index contributed by atoms with van der Waals surface area (Å²) < 4.78 is 21.4. The van der Waals surface area contributed by atoms with Crippen molar-refractivity contribution in [3.63, 3.8) is 0 Å². The SMILES string of the molecule is CC(=O)NC[C@H]1CN(c2ccc(-n3cnc(C(=O)NC4=NCCS4)c3)c(F)c2)C(=O)O1. The van der Waals surface area contributed by atoms with Gasteiger partial charge in [0.2, 0.25) is 5.91 Å². The number of aromatic nitrogens is 2. The molecule has 0 radical (unpaired) electrons. The van der Waals surface area contributed by atoms with E-state index in [-0.39, 0.29) is 30.4 Å². The number of anilines is 1. The third kappa shape index (κ3) is 4.68. The van der Waals surface area contributed by atoms with E-state index < -0.39 is 23.9 Å². The summed E-state index contributed by atoms with van der Waals surface area (Å²) in [5.41, 5.74) is 0.624. The van der Waals surface area contributed by atoms with E-state index in [0.717, 1.165) is 5.75 Å². The number of thioether (sulfide) groups is 1. The molecule has 1 fully saturated rings. The number of ether oxygens (including phenoxy) is 1. The number of rotatable bonds is 5. The first kappa shape index (κ1) is 20.8. The van der Waals surface area contributed by atoms with Crippen LogP contribution >= 0.6 is 11.8 Å². The van der Waals surface area contributed by atoms with Crippen LogP contribution in [0.15, 0.2) is 35.7 Å². The van der Waals surface area contributed by atoms with E-state index >= 15 is 0 Å². The Kier molecular flexibility index (Phi) is 5.89. The van der Waals surface area contributed by atoms with Gasteiger partial charge in [-0.15, -0.1) is 0 Å². The molecular weight excluding hydrogens is 427 g/mol. The standard InChI is InChI=1S/C19H19FN6O4S/c1-11(27)22-7-13-8-26(19(29)30-13)12-2-3-16(14(20)6-12)25-9-15(23-10-25)17(28)24-18-21-4-5-31-18/h2-3,6,9-10,13H,4-5,7-8H2,1H3,(H,22,27)(H,21,24,28)/t13-/m0/s1. The Morgan fingerprint density at radius 2 is 2.23 bits per heavy atom. The third-order valence-corrected chi connectivity index (χ3v) is 5.49. The number of benzene rings is 1. The van der Waals surface area contributed by atoms with Crippen LogP contribution in [-0.2, 0) is 9.53 Å². The van der Waals surface area contributed by atoms with Gasteiger partial charge in [-0.2, -0.15) is 0 Å². The van der Waals surface area contributed by atoms with Gasteiger partial charge in [-0.1, -0.05) is 11.8 Å². The van der Waals surface area contributed by atoms with Gasteiger partial charge in [0.25, 0.3) is 5.91 Å². The number of imidazole rings is 1. The average Bonchev–Trinajstić information content (AvgIpc) is 3.47. The molecule has 4 rings (SSSR count). The van der Waals surface area contributed by atoms with Crippen LogP contribution in [0.3, 0.4) is 0 Å². The Hall–Kier alpha value is -3.41. The molecule has 0 unspecified atom stereocenters. The average molecular weight is 446 g/mol. The second-order valence-corrected chi connectivity index (χ2v) is 7.93. The second-order valence-electron chi connectivity index (χ2n) is 6.84. The Morgan fingerprint density at radius 1 is 1.39 bits per heavy atom. The number of carbonyl (C=O) groups excluding carboxylic acids is 3. The van der Waals surface area contributed by atoms with Crippen LogP contribution < -0.4 is 15.5 Å². The predicted octanol–water partition coefficient (Wildman–Crippen LogP) is 1.31. The number of hydrogen-bond donors (Lipinski definition) is 2. The van der Waals surface area contributed by atoms with E-state index in [4.69, 9.17) is 4.74 Å². The lowest BCUT2D eigenvalue weighted by Gasteiger charge is -2.14. The van der Waals surface area contributed by atoms with E-state index in [0.29, 0.717) is 17.4 Å². The van der Waals surface area contributed by atoms with E-state index in [9.17, 15) is 18.8 Å². The van der Waals surface area contributed by atoms with Gasteiger partial charge in [0, 0.05) is 18.9 Å².